The summed E-state index contributed by atoms with van der Waals surface area (Å²) >= 11 is 0. The van der Waals surface area contributed by atoms with Gasteiger partial charge in [-0.3, -0.25) is 0 Å². The van der Waals surface area contributed by atoms with Crippen molar-refractivity contribution in [3.05, 3.63) is 24.3 Å². The number of carbonyl (C=O) groups excluding carboxylic acids is 1. The topological polar surface area (TPSA) is 55.4 Å². The molecule has 0 spiro atoms. The van der Waals surface area contributed by atoms with Crippen LogP contribution in [0.15, 0.2) is 24.3 Å². The molecule has 1 rings (SSSR count). The second kappa shape index (κ2) is 4.40. The van der Waals surface area contributed by atoms with Gasteiger partial charge in [0, 0.05) is 0 Å². The van der Waals surface area contributed by atoms with Crippen molar-refractivity contribution in [3.63, 3.8) is 0 Å². The van der Waals surface area contributed by atoms with Gasteiger partial charge in [-0.15, -0.1) is 0 Å². The van der Waals surface area contributed by atoms with Gasteiger partial charge in [0.1, 0.15) is 0 Å². The summed E-state index contributed by atoms with van der Waals surface area (Å²) in [5, 5.41) is 2.57. The first-order chi connectivity index (χ1) is 6.22. The molecule has 0 aliphatic rings. The zero-order valence-corrected chi connectivity index (χ0v) is 7.11. The minimum absolute atomic E-state index is 0.164. The first-order valence-electron chi connectivity index (χ1n) is 3.70. The maximum absolute atomic E-state index is 10.7. The van der Waals surface area contributed by atoms with E-state index in [1.807, 2.05) is 0 Å². The Hall–Kier alpha value is -1.65. The van der Waals surface area contributed by atoms with Gasteiger partial charge in [-0.1, -0.05) is 0 Å². The van der Waals surface area contributed by atoms with Crippen LogP contribution in [-0.2, 0) is 9.50 Å². The SMILES string of the molecule is CC(=O)Nc1cccc(OB=O)c1. The van der Waals surface area contributed by atoms with Gasteiger partial charge < -0.3 is 0 Å². The fourth-order valence-electron chi connectivity index (χ4n) is 0.906. The van der Waals surface area contributed by atoms with E-state index in [0.717, 1.165) is 0 Å². The molecule has 1 aromatic rings. The molecular formula is C8H8BNO3. The van der Waals surface area contributed by atoms with Crippen LogP contribution in [0.2, 0.25) is 0 Å². The molecule has 1 N–H and O–H groups in total. The van der Waals surface area contributed by atoms with Crippen molar-refractivity contribution < 1.29 is 14.2 Å². The van der Waals surface area contributed by atoms with Crippen LogP contribution in [-0.4, -0.2) is 13.3 Å². The Balaban J connectivity index is 2.78. The number of carbonyl (C=O) groups is 1. The fraction of sp³-hybridized carbons (Fsp3) is 0.125. The van der Waals surface area contributed by atoms with E-state index in [4.69, 9.17) is 0 Å². The van der Waals surface area contributed by atoms with Crippen LogP contribution in [0.1, 0.15) is 6.92 Å². The Bertz CT molecular complexity index is 327. The van der Waals surface area contributed by atoms with Crippen molar-refractivity contribution in [1.29, 1.82) is 0 Å². The maximum atomic E-state index is 10.7. The summed E-state index contributed by atoms with van der Waals surface area (Å²) in [5.41, 5.74) is 0.604. The van der Waals surface area contributed by atoms with Crippen LogP contribution in [0.3, 0.4) is 0 Å². The predicted octanol–water partition coefficient (Wildman–Crippen LogP) is 0.988. The molecular weight excluding hydrogens is 169 g/mol. The quantitative estimate of drug-likeness (QED) is 0.700. The summed E-state index contributed by atoms with van der Waals surface area (Å²) in [6.07, 6.45) is 0. The number of rotatable bonds is 3. The van der Waals surface area contributed by atoms with Crippen LogP contribution < -0.4 is 9.97 Å². The Morgan fingerprint density at radius 3 is 2.92 bits per heavy atom. The number of benzene rings is 1. The van der Waals surface area contributed by atoms with E-state index in [-0.39, 0.29) is 5.91 Å². The average molecular weight is 177 g/mol. The Kier molecular flexibility index (Phi) is 3.19. The number of hydrogen-bond donors (Lipinski definition) is 1. The third-order valence-corrected chi connectivity index (χ3v) is 1.34. The van der Waals surface area contributed by atoms with Crippen molar-refractivity contribution >= 4 is 18.9 Å². The van der Waals surface area contributed by atoms with Crippen molar-refractivity contribution in [3.8, 4) is 5.75 Å². The van der Waals surface area contributed by atoms with Crippen LogP contribution in [0, 0.1) is 0 Å². The van der Waals surface area contributed by atoms with Gasteiger partial charge >= 0.3 is 75.4 Å². The van der Waals surface area contributed by atoms with Gasteiger partial charge in [-0.25, -0.2) is 0 Å². The van der Waals surface area contributed by atoms with E-state index in [9.17, 15) is 9.50 Å². The van der Waals surface area contributed by atoms with Crippen LogP contribution >= 0.6 is 0 Å². The van der Waals surface area contributed by atoms with E-state index < -0.39 is 0 Å². The van der Waals surface area contributed by atoms with Crippen molar-refractivity contribution in [2.45, 2.75) is 6.92 Å². The van der Waals surface area contributed by atoms with Crippen LogP contribution in [0.4, 0.5) is 5.69 Å². The molecule has 0 aliphatic carbocycles. The molecule has 0 atom stereocenters. The standard InChI is InChI=1S/C8H8BNO3/c1-6(11)10-7-3-2-4-8(5-7)13-9-12/h2-5H,1H3,(H,10,11). The molecule has 1 aromatic carbocycles. The summed E-state index contributed by atoms with van der Waals surface area (Å²) in [6, 6.07) is 6.58. The van der Waals surface area contributed by atoms with E-state index >= 15 is 0 Å². The first kappa shape index (κ1) is 9.44. The van der Waals surface area contributed by atoms with Crippen LogP contribution in [0.5, 0.6) is 5.75 Å². The molecule has 0 aromatic heterocycles. The number of anilines is 1. The molecule has 13 heavy (non-hydrogen) atoms. The van der Waals surface area contributed by atoms with Gasteiger partial charge in [-0.2, -0.15) is 0 Å². The third-order valence-electron chi connectivity index (χ3n) is 1.34. The molecule has 0 unspecified atom stereocenters. The molecule has 0 fully saturated rings. The van der Waals surface area contributed by atoms with Crippen molar-refractivity contribution in [2.24, 2.45) is 0 Å². The molecule has 1 amide bonds. The van der Waals surface area contributed by atoms with Crippen LogP contribution in [0.25, 0.3) is 0 Å². The van der Waals surface area contributed by atoms with E-state index in [0.29, 0.717) is 18.8 Å². The summed E-state index contributed by atoms with van der Waals surface area (Å²) in [4.78, 5) is 10.7. The molecule has 0 saturated carbocycles. The Morgan fingerprint density at radius 2 is 2.31 bits per heavy atom. The summed E-state index contributed by atoms with van der Waals surface area (Å²) < 4.78 is 14.6. The fourth-order valence-corrected chi connectivity index (χ4v) is 0.906. The van der Waals surface area contributed by atoms with Gasteiger partial charge in [0.2, 0.25) is 0 Å². The molecule has 4 nitrogen and oxygen atoms in total. The molecule has 0 radical (unpaired) electrons. The van der Waals surface area contributed by atoms with E-state index in [1.165, 1.54) is 6.92 Å². The molecule has 0 heterocycles. The summed E-state index contributed by atoms with van der Waals surface area (Å²) in [5.74, 6) is 0.240. The third kappa shape index (κ3) is 3.07. The molecule has 0 bridgehead atoms. The zero-order valence-electron chi connectivity index (χ0n) is 7.11. The number of amides is 1. The van der Waals surface area contributed by atoms with Crippen molar-refractivity contribution in [1.82, 2.24) is 0 Å². The Morgan fingerprint density at radius 1 is 1.54 bits per heavy atom. The van der Waals surface area contributed by atoms with Crippen molar-refractivity contribution in [2.75, 3.05) is 5.32 Å². The van der Waals surface area contributed by atoms with Gasteiger partial charge in [-0.05, 0) is 0 Å². The van der Waals surface area contributed by atoms with E-state index in [1.54, 1.807) is 24.3 Å². The normalized spacial score (nSPS) is 8.69. The monoisotopic (exact) mass is 177 g/mol. The minimum atomic E-state index is -0.164. The Labute approximate surface area is 76.2 Å². The summed E-state index contributed by atoms with van der Waals surface area (Å²) in [7, 11) is 0.340. The molecule has 5 heteroatoms. The number of nitrogens with one attached hydrogen (secondary N) is 1. The second-order valence-electron chi connectivity index (χ2n) is 2.42. The van der Waals surface area contributed by atoms with Gasteiger partial charge in [0.15, 0.2) is 0 Å². The summed E-state index contributed by atoms with van der Waals surface area (Å²) in [6.45, 7) is 1.41. The van der Waals surface area contributed by atoms with Gasteiger partial charge in [0.25, 0.3) is 0 Å². The second-order valence-corrected chi connectivity index (χ2v) is 2.42. The molecule has 0 saturated heterocycles. The average Bonchev–Trinajstić information content (AvgIpc) is 2.04. The zero-order chi connectivity index (χ0) is 9.68. The predicted molar refractivity (Wildman–Crippen MR) is 47.8 cm³/mol. The molecule has 0 aliphatic heterocycles. The van der Waals surface area contributed by atoms with E-state index in [2.05, 4.69) is 9.97 Å². The van der Waals surface area contributed by atoms with Gasteiger partial charge in [0.05, 0.1) is 0 Å². The molecule has 66 valence electrons. The first-order valence-corrected chi connectivity index (χ1v) is 3.70. The number of hydrogen-bond acceptors (Lipinski definition) is 3.